The lowest BCUT2D eigenvalue weighted by Gasteiger charge is -2.15. The van der Waals surface area contributed by atoms with E-state index in [9.17, 15) is 22.8 Å². The Hall–Kier alpha value is -2.58. The third kappa shape index (κ3) is 4.21. The standard InChI is InChI=1S/C14H15F3N4O2/c1-10(13(23)18-6-9-20-7-2-3-8-20)21-12(22)5-4-11(19-21)14(15,16)17/h2-5,7-8,10H,6,9H2,1H3,(H,18,23). The lowest BCUT2D eigenvalue weighted by atomic mass is 10.3. The molecule has 9 heteroatoms. The number of alkyl halides is 3. The van der Waals surface area contributed by atoms with Crippen LogP contribution >= 0.6 is 0 Å². The van der Waals surface area contributed by atoms with Crippen LogP contribution in [0, 0.1) is 0 Å². The molecule has 2 aromatic rings. The van der Waals surface area contributed by atoms with Gasteiger partial charge in [-0.15, -0.1) is 0 Å². The van der Waals surface area contributed by atoms with Crippen LogP contribution < -0.4 is 10.9 Å². The lowest BCUT2D eigenvalue weighted by Crippen LogP contribution is -2.38. The highest BCUT2D eigenvalue weighted by molar-refractivity contribution is 5.79. The van der Waals surface area contributed by atoms with Crippen molar-refractivity contribution in [3.8, 4) is 0 Å². The number of amides is 1. The summed E-state index contributed by atoms with van der Waals surface area (Å²) in [6, 6.07) is 3.86. The molecule has 6 nitrogen and oxygen atoms in total. The molecule has 2 rings (SSSR count). The number of hydrogen-bond acceptors (Lipinski definition) is 3. The molecule has 0 spiro atoms. The summed E-state index contributed by atoms with van der Waals surface area (Å²) in [6.45, 7) is 2.11. The van der Waals surface area contributed by atoms with Crippen molar-refractivity contribution in [1.82, 2.24) is 19.7 Å². The van der Waals surface area contributed by atoms with E-state index in [0.717, 1.165) is 6.07 Å². The smallest absolute Gasteiger partial charge is 0.353 e. The number of rotatable bonds is 5. The molecule has 23 heavy (non-hydrogen) atoms. The van der Waals surface area contributed by atoms with E-state index >= 15 is 0 Å². The van der Waals surface area contributed by atoms with Gasteiger partial charge in [0, 0.05) is 31.5 Å². The van der Waals surface area contributed by atoms with Crippen LogP contribution in [0.1, 0.15) is 18.7 Å². The quantitative estimate of drug-likeness (QED) is 0.903. The molecule has 0 bridgehead atoms. The number of nitrogens with zero attached hydrogens (tertiary/aromatic N) is 3. The van der Waals surface area contributed by atoms with E-state index in [2.05, 4.69) is 10.4 Å². The van der Waals surface area contributed by atoms with E-state index in [-0.39, 0.29) is 6.54 Å². The number of carbonyl (C=O) groups excluding carboxylic acids is 1. The summed E-state index contributed by atoms with van der Waals surface area (Å²) in [6.07, 6.45) is -1.05. The first-order valence-electron chi connectivity index (χ1n) is 6.84. The second-order valence-electron chi connectivity index (χ2n) is 4.89. The van der Waals surface area contributed by atoms with E-state index in [1.165, 1.54) is 6.92 Å². The summed E-state index contributed by atoms with van der Waals surface area (Å²) in [5.41, 5.74) is -1.99. The highest BCUT2D eigenvalue weighted by Crippen LogP contribution is 2.26. The van der Waals surface area contributed by atoms with Crippen molar-refractivity contribution >= 4 is 5.91 Å². The molecular weight excluding hydrogens is 313 g/mol. The average molecular weight is 328 g/mol. The third-order valence-corrected chi connectivity index (χ3v) is 3.20. The molecule has 0 aliphatic rings. The third-order valence-electron chi connectivity index (χ3n) is 3.20. The molecule has 0 aromatic carbocycles. The normalized spacial score (nSPS) is 12.9. The van der Waals surface area contributed by atoms with Gasteiger partial charge in [-0.25, -0.2) is 4.68 Å². The summed E-state index contributed by atoms with van der Waals surface area (Å²) >= 11 is 0. The van der Waals surface area contributed by atoms with Gasteiger partial charge in [-0.1, -0.05) is 0 Å². The minimum absolute atomic E-state index is 0.283. The largest absolute Gasteiger partial charge is 0.435 e. The number of nitrogens with one attached hydrogen (secondary N) is 1. The molecular formula is C14H15F3N4O2. The van der Waals surface area contributed by atoms with Gasteiger partial charge in [-0.3, -0.25) is 9.59 Å². The van der Waals surface area contributed by atoms with Crippen molar-refractivity contribution < 1.29 is 18.0 Å². The Balaban J connectivity index is 2.05. The molecule has 1 N–H and O–H groups in total. The maximum absolute atomic E-state index is 12.6. The van der Waals surface area contributed by atoms with Crippen molar-refractivity contribution in [1.29, 1.82) is 0 Å². The molecule has 0 aliphatic carbocycles. The summed E-state index contributed by atoms with van der Waals surface area (Å²) in [5, 5.41) is 5.80. The maximum atomic E-state index is 12.6. The fourth-order valence-corrected chi connectivity index (χ4v) is 1.94. The van der Waals surface area contributed by atoms with Crippen molar-refractivity contribution in [2.75, 3.05) is 6.54 Å². The summed E-state index contributed by atoms with van der Waals surface area (Å²) in [5.74, 6) is -0.578. The van der Waals surface area contributed by atoms with Crippen molar-refractivity contribution in [3.63, 3.8) is 0 Å². The Morgan fingerprint density at radius 3 is 2.57 bits per heavy atom. The second kappa shape index (κ2) is 6.67. The molecule has 0 saturated carbocycles. The predicted octanol–water partition coefficient (Wildman–Crippen LogP) is 1.44. The van der Waals surface area contributed by atoms with Crippen LogP contribution in [-0.4, -0.2) is 26.8 Å². The summed E-state index contributed by atoms with van der Waals surface area (Å²) < 4.78 is 40.3. The Kier molecular flexibility index (Phi) is 4.87. The Morgan fingerprint density at radius 1 is 1.30 bits per heavy atom. The molecule has 0 radical (unpaired) electrons. The molecule has 2 heterocycles. The van der Waals surface area contributed by atoms with Crippen LogP contribution in [0.2, 0.25) is 0 Å². The van der Waals surface area contributed by atoms with Crippen LogP contribution in [-0.2, 0) is 17.5 Å². The van der Waals surface area contributed by atoms with Crippen LogP contribution in [0.4, 0.5) is 13.2 Å². The monoisotopic (exact) mass is 328 g/mol. The van der Waals surface area contributed by atoms with E-state index in [0.29, 0.717) is 17.3 Å². The molecule has 1 atom stereocenters. The highest BCUT2D eigenvalue weighted by Gasteiger charge is 2.34. The number of hydrogen-bond donors (Lipinski definition) is 1. The predicted molar refractivity (Wildman–Crippen MR) is 75.7 cm³/mol. The minimum atomic E-state index is -4.68. The zero-order chi connectivity index (χ0) is 17.0. The second-order valence-corrected chi connectivity index (χ2v) is 4.89. The Morgan fingerprint density at radius 2 is 1.96 bits per heavy atom. The summed E-state index contributed by atoms with van der Waals surface area (Å²) in [4.78, 5) is 23.6. The van der Waals surface area contributed by atoms with Gasteiger partial charge in [0.15, 0.2) is 5.69 Å². The van der Waals surface area contributed by atoms with E-state index in [4.69, 9.17) is 0 Å². The van der Waals surface area contributed by atoms with Crippen LogP contribution in [0.25, 0.3) is 0 Å². The fourth-order valence-electron chi connectivity index (χ4n) is 1.94. The van der Waals surface area contributed by atoms with Crippen molar-refractivity contribution in [2.24, 2.45) is 0 Å². The van der Waals surface area contributed by atoms with Crippen LogP contribution in [0.15, 0.2) is 41.5 Å². The minimum Gasteiger partial charge on any atom is -0.353 e. The zero-order valence-electron chi connectivity index (χ0n) is 12.2. The molecule has 2 aromatic heterocycles. The van der Waals surface area contributed by atoms with Gasteiger partial charge in [0.25, 0.3) is 5.56 Å². The van der Waals surface area contributed by atoms with Gasteiger partial charge in [-0.05, 0) is 25.1 Å². The van der Waals surface area contributed by atoms with Crippen LogP contribution in [0.5, 0.6) is 0 Å². The van der Waals surface area contributed by atoms with Crippen LogP contribution in [0.3, 0.4) is 0 Å². The van der Waals surface area contributed by atoms with Gasteiger partial charge in [-0.2, -0.15) is 18.3 Å². The van der Waals surface area contributed by atoms with Gasteiger partial charge < -0.3 is 9.88 Å². The Labute approximate surface area is 129 Å². The lowest BCUT2D eigenvalue weighted by molar-refractivity contribution is -0.143. The van der Waals surface area contributed by atoms with Gasteiger partial charge in [0.2, 0.25) is 5.91 Å². The Bertz CT molecular complexity index is 722. The SMILES string of the molecule is CC(C(=O)NCCn1cccc1)n1nc(C(F)(F)F)ccc1=O. The van der Waals surface area contributed by atoms with E-state index in [1.807, 2.05) is 29.1 Å². The van der Waals surface area contributed by atoms with Crippen molar-refractivity contribution in [2.45, 2.75) is 25.7 Å². The molecule has 0 aliphatic heterocycles. The highest BCUT2D eigenvalue weighted by atomic mass is 19.4. The van der Waals surface area contributed by atoms with Gasteiger partial charge in [0.05, 0.1) is 0 Å². The maximum Gasteiger partial charge on any atom is 0.435 e. The molecule has 1 unspecified atom stereocenters. The number of aromatic nitrogens is 3. The molecule has 0 fully saturated rings. The first kappa shape index (κ1) is 16.8. The molecule has 0 saturated heterocycles. The average Bonchev–Trinajstić information content (AvgIpc) is 2.99. The number of halogens is 3. The summed E-state index contributed by atoms with van der Waals surface area (Å²) in [7, 11) is 0. The van der Waals surface area contributed by atoms with E-state index in [1.54, 1.807) is 0 Å². The first-order valence-corrected chi connectivity index (χ1v) is 6.84. The zero-order valence-corrected chi connectivity index (χ0v) is 12.2. The van der Waals surface area contributed by atoms with E-state index < -0.39 is 29.4 Å². The van der Waals surface area contributed by atoms with Gasteiger partial charge in [0.1, 0.15) is 6.04 Å². The molecule has 124 valence electrons. The number of carbonyl (C=O) groups is 1. The topological polar surface area (TPSA) is 68.9 Å². The fraction of sp³-hybridized carbons (Fsp3) is 0.357. The molecule has 1 amide bonds. The first-order chi connectivity index (χ1) is 10.8. The van der Waals surface area contributed by atoms with Crippen molar-refractivity contribution in [3.05, 3.63) is 52.7 Å². The van der Waals surface area contributed by atoms with Gasteiger partial charge >= 0.3 is 6.18 Å².